The molecule has 0 aromatic rings. The molecule has 0 N–H and O–H groups in total. The van der Waals surface area contributed by atoms with Crippen molar-refractivity contribution in [3.8, 4) is 0 Å². The van der Waals surface area contributed by atoms with Crippen LogP contribution in [0.5, 0.6) is 0 Å². The SMILES string of the molecule is CC/C=C\C/C=C\C/C=C\C/C=C\C/C=C\C/C=C\C/C=C\C/C=C\C/C=C\CCCC(=O)OCC(COC(=O)CC/C=C\C/C=C\C/C=C\C/C=C\CC)OC(=O)CCCCCCCCCCCCCCCCCCCCCCCC. The van der Waals surface area contributed by atoms with Gasteiger partial charge in [0.15, 0.2) is 6.10 Å². The number of carbonyl (C=O) groups is 3. The van der Waals surface area contributed by atoms with Crippen LogP contribution in [0.3, 0.4) is 0 Å². The summed E-state index contributed by atoms with van der Waals surface area (Å²) >= 11 is 0. The maximum atomic E-state index is 12.9. The van der Waals surface area contributed by atoms with Crippen molar-refractivity contribution in [2.75, 3.05) is 13.2 Å². The number of rotatable bonds is 59. The molecule has 0 rings (SSSR count). The van der Waals surface area contributed by atoms with E-state index in [-0.39, 0.29) is 44.0 Å². The molecule has 0 aromatic heterocycles. The average molecular weight is 1130 g/mol. The molecule has 0 aliphatic rings. The third-order valence-corrected chi connectivity index (χ3v) is 13.8. The minimum Gasteiger partial charge on any atom is -0.462 e. The van der Waals surface area contributed by atoms with Gasteiger partial charge in [-0.25, -0.2) is 0 Å². The maximum absolute atomic E-state index is 12.9. The smallest absolute Gasteiger partial charge is 0.306 e. The molecule has 82 heavy (non-hydrogen) atoms. The van der Waals surface area contributed by atoms with Gasteiger partial charge in [-0.1, -0.05) is 314 Å². The van der Waals surface area contributed by atoms with Gasteiger partial charge in [0.25, 0.3) is 0 Å². The first kappa shape index (κ1) is 77.0. The lowest BCUT2D eigenvalue weighted by Gasteiger charge is -2.18. The molecule has 0 aliphatic heterocycles. The Kier molecular flexibility index (Phi) is 64.4. The zero-order valence-corrected chi connectivity index (χ0v) is 52.9. The van der Waals surface area contributed by atoms with Gasteiger partial charge in [-0.05, 0) is 109 Å². The average Bonchev–Trinajstić information content (AvgIpc) is 3.47. The standard InChI is InChI=1S/C76H122O6/c1-4-7-10-13-16-19-22-25-27-29-31-33-35-36-37-38-39-40-41-43-44-46-48-51-54-57-60-63-66-69-75(78)81-72-73(71-80-74(77)68-65-62-59-56-53-50-24-21-18-15-12-9-6-3)82-76(79)70-67-64-61-58-55-52-49-47-45-42-34-32-30-28-26-23-20-17-14-11-8-5-2/h7,9-10,12,16,18-19,21,25,27,31,33,36-37,39-40,43-44,48,50-51,53,57,59-60,62,73H,4-6,8,11,13-15,17,20,22-24,26,28-30,32,34-35,38,41-42,45-47,49,52,54-56,58,61,63-72H2,1-3H3/b10-7-,12-9-,19-16-,21-18-,27-25-,33-31-,37-36-,40-39-,44-43-,51-48-,53-50-,60-57-,62-59-. The van der Waals surface area contributed by atoms with E-state index in [1.54, 1.807) is 0 Å². The Labute approximate surface area is 505 Å². The van der Waals surface area contributed by atoms with E-state index < -0.39 is 6.10 Å². The van der Waals surface area contributed by atoms with Crippen molar-refractivity contribution in [3.05, 3.63) is 158 Å². The minimum atomic E-state index is -0.837. The predicted molar refractivity (Wildman–Crippen MR) is 357 cm³/mol. The van der Waals surface area contributed by atoms with Crippen LogP contribution in [-0.2, 0) is 28.6 Å². The van der Waals surface area contributed by atoms with Crippen molar-refractivity contribution in [1.82, 2.24) is 0 Å². The summed E-state index contributed by atoms with van der Waals surface area (Å²) in [4.78, 5) is 38.3. The molecule has 0 saturated heterocycles. The predicted octanol–water partition coefficient (Wildman–Crippen LogP) is 23.3. The molecule has 0 spiro atoms. The lowest BCUT2D eigenvalue weighted by molar-refractivity contribution is -0.166. The Hall–Kier alpha value is -4.97. The molecule has 1 unspecified atom stereocenters. The number of esters is 3. The fraction of sp³-hybridized carbons (Fsp3) is 0.618. The third kappa shape index (κ3) is 65.8. The summed E-state index contributed by atoms with van der Waals surface area (Å²) in [5, 5.41) is 0. The summed E-state index contributed by atoms with van der Waals surface area (Å²) in [6.45, 7) is 6.31. The molecular weight excluding hydrogens is 1010 g/mol. The summed E-state index contributed by atoms with van der Waals surface area (Å²) in [6.07, 6.45) is 100. The second-order valence-corrected chi connectivity index (χ2v) is 21.6. The first-order chi connectivity index (χ1) is 40.5. The van der Waals surface area contributed by atoms with Crippen molar-refractivity contribution in [3.63, 3.8) is 0 Å². The van der Waals surface area contributed by atoms with Crippen molar-refractivity contribution >= 4 is 17.9 Å². The first-order valence-corrected chi connectivity index (χ1v) is 33.5. The van der Waals surface area contributed by atoms with Crippen molar-refractivity contribution in [2.45, 2.75) is 290 Å². The van der Waals surface area contributed by atoms with Crippen LogP contribution in [0.25, 0.3) is 0 Å². The number of ether oxygens (including phenoxy) is 3. The first-order valence-electron chi connectivity index (χ1n) is 33.5. The Balaban J connectivity index is 4.46. The molecule has 6 heteroatoms. The summed E-state index contributed by atoms with van der Waals surface area (Å²) in [6, 6.07) is 0. The molecule has 0 aromatic carbocycles. The summed E-state index contributed by atoms with van der Waals surface area (Å²) < 4.78 is 16.8. The highest BCUT2D eigenvalue weighted by molar-refractivity contribution is 5.71. The summed E-state index contributed by atoms with van der Waals surface area (Å²) in [5.41, 5.74) is 0. The van der Waals surface area contributed by atoms with Crippen LogP contribution in [-0.4, -0.2) is 37.2 Å². The van der Waals surface area contributed by atoms with Crippen LogP contribution >= 0.6 is 0 Å². The molecule has 0 radical (unpaired) electrons. The molecule has 6 nitrogen and oxygen atoms in total. The van der Waals surface area contributed by atoms with E-state index in [2.05, 4.69) is 167 Å². The number of hydrogen-bond donors (Lipinski definition) is 0. The maximum Gasteiger partial charge on any atom is 0.306 e. The highest BCUT2D eigenvalue weighted by atomic mass is 16.6. The topological polar surface area (TPSA) is 78.9 Å². The van der Waals surface area contributed by atoms with Crippen LogP contribution in [0, 0.1) is 0 Å². The van der Waals surface area contributed by atoms with Crippen molar-refractivity contribution in [2.24, 2.45) is 0 Å². The van der Waals surface area contributed by atoms with Gasteiger partial charge in [-0.3, -0.25) is 14.4 Å². The van der Waals surface area contributed by atoms with Gasteiger partial charge in [0.05, 0.1) is 0 Å². The van der Waals surface area contributed by atoms with Gasteiger partial charge in [-0.15, -0.1) is 0 Å². The molecule has 0 fully saturated rings. The second kappa shape index (κ2) is 68.5. The largest absolute Gasteiger partial charge is 0.462 e. The highest BCUT2D eigenvalue weighted by Gasteiger charge is 2.19. The van der Waals surface area contributed by atoms with Crippen LogP contribution in [0.4, 0.5) is 0 Å². The van der Waals surface area contributed by atoms with Gasteiger partial charge in [0.2, 0.25) is 0 Å². The van der Waals surface area contributed by atoms with E-state index in [4.69, 9.17) is 14.2 Å². The fourth-order valence-corrected chi connectivity index (χ4v) is 8.87. The number of hydrogen-bond acceptors (Lipinski definition) is 6. The Bertz CT molecular complexity index is 1830. The zero-order valence-electron chi connectivity index (χ0n) is 52.9. The number of unbranched alkanes of at least 4 members (excludes halogenated alkanes) is 22. The van der Waals surface area contributed by atoms with Crippen LogP contribution in [0.1, 0.15) is 284 Å². The molecule has 0 bridgehead atoms. The summed E-state index contributed by atoms with van der Waals surface area (Å²) in [5.74, 6) is -1.07. The van der Waals surface area contributed by atoms with E-state index in [0.717, 1.165) is 109 Å². The molecule has 1 atom stereocenters. The monoisotopic (exact) mass is 1130 g/mol. The normalized spacial score (nSPS) is 13.2. The second-order valence-electron chi connectivity index (χ2n) is 21.6. The molecule has 462 valence electrons. The molecular formula is C76H122O6. The van der Waals surface area contributed by atoms with E-state index in [9.17, 15) is 14.4 Å². The Morgan fingerprint density at radius 2 is 0.500 bits per heavy atom. The molecule has 0 saturated carbocycles. The minimum absolute atomic E-state index is 0.134. The van der Waals surface area contributed by atoms with Gasteiger partial charge < -0.3 is 14.2 Å². The van der Waals surface area contributed by atoms with Crippen LogP contribution in [0.15, 0.2) is 158 Å². The van der Waals surface area contributed by atoms with E-state index in [1.807, 2.05) is 12.2 Å². The van der Waals surface area contributed by atoms with Crippen LogP contribution in [0.2, 0.25) is 0 Å². The van der Waals surface area contributed by atoms with E-state index in [0.29, 0.717) is 19.3 Å². The fourth-order valence-electron chi connectivity index (χ4n) is 8.87. The van der Waals surface area contributed by atoms with Gasteiger partial charge in [0.1, 0.15) is 13.2 Å². The zero-order chi connectivity index (χ0) is 59.2. The van der Waals surface area contributed by atoms with Crippen molar-refractivity contribution < 1.29 is 28.6 Å². The Morgan fingerprint density at radius 3 is 0.805 bits per heavy atom. The number of allylic oxidation sites excluding steroid dienone is 26. The molecule has 0 amide bonds. The summed E-state index contributed by atoms with van der Waals surface area (Å²) in [7, 11) is 0. The Morgan fingerprint density at radius 1 is 0.256 bits per heavy atom. The lowest BCUT2D eigenvalue weighted by atomic mass is 10.0. The van der Waals surface area contributed by atoms with Crippen molar-refractivity contribution in [1.29, 1.82) is 0 Å². The molecule has 0 aliphatic carbocycles. The third-order valence-electron chi connectivity index (χ3n) is 13.8. The van der Waals surface area contributed by atoms with E-state index >= 15 is 0 Å². The number of carbonyl (C=O) groups excluding carboxylic acids is 3. The van der Waals surface area contributed by atoms with Gasteiger partial charge >= 0.3 is 17.9 Å². The van der Waals surface area contributed by atoms with E-state index in [1.165, 1.54) is 122 Å². The quantitative estimate of drug-likeness (QED) is 0.0261. The molecule has 0 heterocycles. The highest BCUT2D eigenvalue weighted by Crippen LogP contribution is 2.16. The van der Waals surface area contributed by atoms with Gasteiger partial charge in [0, 0.05) is 19.3 Å². The lowest BCUT2D eigenvalue weighted by Crippen LogP contribution is -2.30. The van der Waals surface area contributed by atoms with Gasteiger partial charge in [-0.2, -0.15) is 0 Å². The van der Waals surface area contributed by atoms with Crippen LogP contribution < -0.4 is 0 Å².